The van der Waals surface area contributed by atoms with E-state index in [1.807, 2.05) is 52.0 Å². The van der Waals surface area contributed by atoms with E-state index in [-0.39, 0.29) is 23.6 Å². The largest absolute Gasteiger partial charge is 0.504 e. The molecular weight excluding hydrogens is 290 g/mol. The standard InChI is InChI=1S/C19H23NO3/c1-13-5-8-15(9-6-13)23-18-10-7-14(11-16(18)21)17(22)12-20-19(2,3)4/h5-11,20-21H,12H2,1-4H3. The highest BCUT2D eigenvalue weighted by Gasteiger charge is 2.14. The Morgan fingerprint density at radius 1 is 1.13 bits per heavy atom. The summed E-state index contributed by atoms with van der Waals surface area (Å²) >= 11 is 0. The second-order valence-electron chi connectivity index (χ2n) is 6.62. The van der Waals surface area contributed by atoms with Crippen LogP contribution in [0.3, 0.4) is 0 Å². The van der Waals surface area contributed by atoms with E-state index in [0.717, 1.165) is 5.56 Å². The molecule has 0 radical (unpaired) electrons. The minimum Gasteiger partial charge on any atom is -0.504 e. The molecule has 23 heavy (non-hydrogen) atoms. The van der Waals surface area contributed by atoms with E-state index in [4.69, 9.17) is 4.74 Å². The van der Waals surface area contributed by atoms with Crippen LogP contribution in [0.4, 0.5) is 0 Å². The third-order valence-electron chi connectivity index (χ3n) is 3.31. The van der Waals surface area contributed by atoms with Crippen LogP contribution in [0.5, 0.6) is 17.2 Å². The second kappa shape index (κ2) is 6.84. The fraction of sp³-hybridized carbons (Fsp3) is 0.316. The van der Waals surface area contributed by atoms with Gasteiger partial charge in [-0.15, -0.1) is 0 Å². The fourth-order valence-electron chi connectivity index (χ4n) is 1.96. The molecule has 2 aromatic carbocycles. The number of hydrogen-bond donors (Lipinski definition) is 2. The second-order valence-corrected chi connectivity index (χ2v) is 6.62. The average Bonchev–Trinajstić information content (AvgIpc) is 2.48. The summed E-state index contributed by atoms with van der Waals surface area (Å²) in [5.41, 5.74) is 1.45. The van der Waals surface area contributed by atoms with Crippen LogP contribution in [-0.2, 0) is 0 Å². The van der Waals surface area contributed by atoms with Gasteiger partial charge in [0.1, 0.15) is 5.75 Å². The predicted octanol–water partition coefficient (Wildman–Crippen LogP) is 4.06. The first-order valence-corrected chi connectivity index (χ1v) is 7.60. The molecule has 0 aliphatic heterocycles. The summed E-state index contributed by atoms with van der Waals surface area (Å²) in [6.07, 6.45) is 0. The van der Waals surface area contributed by atoms with Crippen molar-refractivity contribution >= 4 is 5.78 Å². The highest BCUT2D eigenvalue weighted by molar-refractivity contribution is 5.98. The monoisotopic (exact) mass is 313 g/mol. The number of benzene rings is 2. The first-order valence-electron chi connectivity index (χ1n) is 7.60. The summed E-state index contributed by atoms with van der Waals surface area (Å²) in [5, 5.41) is 13.2. The van der Waals surface area contributed by atoms with Crippen molar-refractivity contribution in [2.45, 2.75) is 33.2 Å². The SMILES string of the molecule is Cc1ccc(Oc2ccc(C(=O)CNC(C)(C)C)cc2O)cc1. The number of rotatable bonds is 5. The lowest BCUT2D eigenvalue weighted by molar-refractivity contribution is 0.0981. The van der Waals surface area contributed by atoms with Crippen LogP contribution >= 0.6 is 0 Å². The van der Waals surface area contributed by atoms with Crippen molar-refractivity contribution in [2.75, 3.05) is 6.54 Å². The van der Waals surface area contributed by atoms with Gasteiger partial charge in [0.15, 0.2) is 17.3 Å². The molecule has 0 saturated carbocycles. The number of aryl methyl sites for hydroxylation is 1. The lowest BCUT2D eigenvalue weighted by Crippen LogP contribution is -2.39. The molecule has 0 fully saturated rings. The summed E-state index contributed by atoms with van der Waals surface area (Å²) in [5.74, 6) is 0.845. The van der Waals surface area contributed by atoms with Crippen molar-refractivity contribution in [3.8, 4) is 17.2 Å². The third-order valence-corrected chi connectivity index (χ3v) is 3.31. The highest BCUT2D eigenvalue weighted by atomic mass is 16.5. The van der Waals surface area contributed by atoms with Gasteiger partial charge in [0.2, 0.25) is 0 Å². The number of phenolic OH excluding ortho intramolecular Hbond substituents is 1. The number of Topliss-reactive ketones (excluding diaryl/α,β-unsaturated/α-hetero) is 1. The molecule has 0 unspecified atom stereocenters. The Bertz CT molecular complexity index is 685. The van der Waals surface area contributed by atoms with Crippen molar-refractivity contribution in [1.82, 2.24) is 5.32 Å². The van der Waals surface area contributed by atoms with Gasteiger partial charge in [0, 0.05) is 11.1 Å². The topological polar surface area (TPSA) is 58.6 Å². The van der Waals surface area contributed by atoms with Crippen LogP contribution in [0.25, 0.3) is 0 Å². The van der Waals surface area contributed by atoms with E-state index in [2.05, 4.69) is 5.32 Å². The van der Waals surface area contributed by atoms with Crippen LogP contribution in [0, 0.1) is 6.92 Å². The van der Waals surface area contributed by atoms with Gasteiger partial charge >= 0.3 is 0 Å². The Morgan fingerprint density at radius 3 is 2.35 bits per heavy atom. The zero-order valence-corrected chi connectivity index (χ0v) is 14.0. The van der Waals surface area contributed by atoms with Gasteiger partial charge < -0.3 is 15.2 Å². The molecule has 0 atom stereocenters. The molecule has 0 bridgehead atoms. The smallest absolute Gasteiger partial charge is 0.176 e. The molecule has 122 valence electrons. The molecule has 0 aromatic heterocycles. The maximum absolute atomic E-state index is 12.1. The highest BCUT2D eigenvalue weighted by Crippen LogP contribution is 2.31. The lowest BCUT2D eigenvalue weighted by atomic mass is 10.1. The summed E-state index contributed by atoms with van der Waals surface area (Å²) < 4.78 is 5.64. The molecule has 0 saturated heterocycles. The third kappa shape index (κ3) is 5.11. The van der Waals surface area contributed by atoms with Gasteiger partial charge in [0.05, 0.1) is 6.54 Å². The number of ether oxygens (including phenoxy) is 1. The van der Waals surface area contributed by atoms with E-state index >= 15 is 0 Å². The Morgan fingerprint density at radius 2 is 1.78 bits per heavy atom. The minimum atomic E-state index is -0.133. The molecule has 0 aliphatic rings. The van der Waals surface area contributed by atoms with Crippen molar-refractivity contribution < 1.29 is 14.6 Å². The van der Waals surface area contributed by atoms with E-state index in [1.54, 1.807) is 12.1 Å². The van der Waals surface area contributed by atoms with Gasteiger partial charge in [0.25, 0.3) is 0 Å². The summed E-state index contributed by atoms with van der Waals surface area (Å²) in [4.78, 5) is 12.1. The van der Waals surface area contributed by atoms with Gasteiger partial charge in [-0.3, -0.25) is 4.79 Å². The number of carbonyl (C=O) groups is 1. The molecule has 2 N–H and O–H groups in total. The Hall–Kier alpha value is -2.33. The Labute approximate surface area is 137 Å². The normalized spacial score (nSPS) is 11.3. The molecule has 0 amide bonds. The number of phenols is 1. The fourth-order valence-corrected chi connectivity index (χ4v) is 1.96. The molecule has 0 aliphatic carbocycles. The van der Waals surface area contributed by atoms with Crippen molar-refractivity contribution in [2.24, 2.45) is 0 Å². The molecule has 2 rings (SSSR count). The first-order chi connectivity index (χ1) is 10.7. The summed E-state index contributed by atoms with van der Waals surface area (Å²) in [6.45, 7) is 8.21. The molecule has 2 aromatic rings. The zero-order valence-electron chi connectivity index (χ0n) is 14.0. The van der Waals surface area contributed by atoms with Crippen molar-refractivity contribution in [3.63, 3.8) is 0 Å². The quantitative estimate of drug-likeness (QED) is 0.817. The number of hydrogen-bond acceptors (Lipinski definition) is 4. The van der Waals surface area contributed by atoms with Crippen LogP contribution in [-0.4, -0.2) is 23.0 Å². The lowest BCUT2D eigenvalue weighted by Gasteiger charge is -2.19. The molecule has 0 spiro atoms. The number of ketones is 1. The molecule has 0 heterocycles. The van der Waals surface area contributed by atoms with E-state index in [1.165, 1.54) is 6.07 Å². The van der Waals surface area contributed by atoms with Gasteiger partial charge in [-0.25, -0.2) is 0 Å². The maximum atomic E-state index is 12.1. The van der Waals surface area contributed by atoms with E-state index in [0.29, 0.717) is 17.1 Å². The molecule has 4 heteroatoms. The number of nitrogens with one attached hydrogen (secondary N) is 1. The number of carbonyl (C=O) groups excluding carboxylic acids is 1. The van der Waals surface area contributed by atoms with Crippen molar-refractivity contribution in [3.05, 3.63) is 53.6 Å². The van der Waals surface area contributed by atoms with Crippen LogP contribution < -0.4 is 10.1 Å². The van der Waals surface area contributed by atoms with Gasteiger partial charge in [-0.05, 0) is 58.0 Å². The van der Waals surface area contributed by atoms with E-state index < -0.39 is 0 Å². The van der Waals surface area contributed by atoms with Gasteiger partial charge in [-0.2, -0.15) is 0 Å². The van der Waals surface area contributed by atoms with Crippen LogP contribution in [0.15, 0.2) is 42.5 Å². The number of aromatic hydroxyl groups is 1. The molecule has 4 nitrogen and oxygen atoms in total. The average molecular weight is 313 g/mol. The van der Waals surface area contributed by atoms with Crippen LogP contribution in [0.1, 0.15) is 36.7 Å². The predicted molar refractivity (Wildman–Crippen MR) is 91.4 cm³/mol. The van der Waals surface area contributed by atoms with Crippen molar-refractivity contribution in [1.29, 1.82) is 0 Å². The summed E-state index contributed by atoms with van der Waals surface area (Å²) in [6, 6.07) is 12.2. The molecular formula is C19H23NO3. The summed E-state index contributed by atoms with van der Waals surface area (Å²) in [7, 11) is 0. The van der Waals surface area contributed by atoms with E-state index in [9.17, 15) is 9.90 Å². The van der Waals surface area contributed by atoms with Gasteiger partial charge in [-0.1, -0.05) is 17.7 Å². The Kier molecular flexibility index (Phi) is 5.06. The van der Waals surface area contributed by atoms with Crippen LogP contribution in [0.2, 0.25) is 0 Å². The Balaban J connectivity index is 2.08. The maximum Gasteiger partial charge on any atom is 0.176 e. The first kappa shape index (κ1) is 17.0. The minimum absolute atomic E-state index is 0.0489. The zero-order chi connectivity index (χ0) is 17.0.